The molecule has 1 heteroatoms. The number of unbranched alkanes of at least 4 members (excludes halogenated alkanes) is 5. The van der Waals surface area contributed by atoms with E-state index in [-0.39, 0.29) is 0 Å². The average molecular weight is 277 g/mol. The molecule has 20 heavy (non-hydrogen) atoms. The molecule has 116 valence electrons. The van der Waals surface area contributed by atoms with E-state index in [4.69, 9.17) is 0 Å². The molecule has 0 spiro atoms. The Balaban J connectivity index is 1.64. The number of hydrogen-bond donors (Lipinski definition) is 0. The van der Waals surface area contributed by atoms with Gasteiger partial charge >= 0.3 is 0 Å². The standard InChI is InChI=1S/C19H35N/c1-3-4-5-6-7-8-9-13-18-15-16-19-14-11-10-12-17(2)20(18)19/h3,17-19H,1,4-16H2,2H3. The van der Waals surface area contributed by atoms with Crippen molar-refractivity contribution in [2.45, 2.75) is 109 Å². The van der Waals surface area contributed by atoms with Gasteiger partial charge in [-0.1, -0.05) is 44.6 Å². The van der Waals surface area contributed by atoms with Gasteiger partial charge in [0.05, 0.1) is 0 Å². The molecule has 0 radical (unpaired) electrons. The maximum Gasteiger partial charge on any atom is 0.0102 e. The van der Waals surface area contributed by atoms with Crippen molar-refractivity contribution in [3.63, 3.8) is 0 Å². The van der Waals surface area contributed by atoms with Gasteiger partial charge in [0.2, 0.25) is 0 Å². The van der Waals surface area contributed by atoms with Crippen molar-refractivity contribution in [3.05, 3.63) is 12.7 Å². The van der Waals surface area contributed by atoms with Crippen molar-refractivity contribution in [1.29, 1.82) is 0 Å². The van der Waals surface area contributed by atoms with Crippen LogP contribution in [0.4, 0.5) is 0 Å². The van der Waals surface area contributed by atoms with Gasteiger partial charge in [0.25, 0.3) is 0 Å². The number of allylic oxidation sites excluding steroid dienone is 1. The third kappa shape index (κ3) is 4.62. The second-order valence-corrected chi connectivity index (χ2v) is 7.10. The SMILES string of the molecule is C=CCCCCCCCC1CCC2CCCCC(C)N12. The van der Waals surface area contributed by atoms with Gasteiger partial charge in [0.1, 0.15) is 0 Å². The van der Waals surface area contributed by atoms with Crippen molar-refractivity contribution in [1.82, 2.24) is 4.90 Å². The third-order valence-corrected chi connectivity index (χ3v) is 5.54. The van der Waals surface area contributed by atoms with Crippen LogP contribution in [0, 0.1) is 0 Å². The first kappa shape index (κ1) is 16.1. The molecule has 0 saturated carbocycles. The number of hydrogen-bond acceptors (Lipinski definition) is 1. The predicted molar refractivity (Wildman–Crippen MR) is 89.1 cm³/mol. The Kier molecular flexibility index (Phi) is 7.13. The van der Waals surface area contributed by atoms with E-state index in [1.165, 1.54) is 83.5 Å². The summed E-state index contributed by atoms with van der Waals surface area (Å²) in [5, 5.41) is 0. The Hall–Kier alpha value is -0.300. The van der Waals surface area contributed by atoms with Crippen LogP contribution < -0.4 is 0 Å². The lowest BCUT2D eigenvalue weighted by Gasteiger charge is -2.34. The number of nitrogens with zero attached hydrogens (tertiary/aromatic N) is 1. The second-order valence-electron chi connectivity index (χ2n) is 7.10. The molecule has 1 nitrogen and oxygen atoms in total. The van der Waals surface area contributed by atoms with Crippen LogP contribution in [-0.4, -0.2) is 23.0 Å². The summed E-state index contributed by atoms with van der Waals surface area (Å²) < 4.78 is 0. The highest BCUT2D eigenvalue weighted by Gasteiger charge is 2.36. The van der Waals surface area contributed by atoms with Gasteiger partial charge in [-0.25, -0.2) is 0 Å². The first-order valence-electron chi connectivity index (χ1n) is 9.21. The molecular formula is C19H35N. The normalized spacial score (nSPS) is 30.9. The van der Waals surface area contributed by atoms with E-state index < -0.39 is 0 Å². The van der Waals surface area contributed by atoms with Gasteiger partial charge in [-0.3, -0.25) is 4.90 Å². The van der Waals surface area contributed by atoms with Gasteiger partial charge in [0.15, 0.2) is 0 Å². The second kappa shape index (κ2) is 8.87. The van der Waals surface area contributed by atoms with Crippen LogP contribution in [0.1, 0.15) is 90.4 Å². The van der Waals surface area contributed by atoms with Crippen LogP contribution in [0.15, 0.2) is 12.7 Å². The van der Waals surface area contributed by atoms with Gasteiger partial charge < -0.3 is 0 Å². The van der Waals surface area contributed by atoms with Gasteiger partial charge in [-0.05, 0) is 51.9 Å². The Morgan fingerprint density at radius 1 is 0.950 bits per heavy atom. The summed E-state index contributed by atoms with van der Waals surface area (Å²) in [6, 6.07) is 2.70. The number of fused-ring (bicyclic) bond motifs is 1. The first-order chi connectivity index (χ1) is 9.83. The zero-order valence-electron chi connectivity index (χ0n) is 13.7. The molecule has 2 fully saturated rings. The fourth-order valence-corrected chi connectivity index (χ4v) is 4.46. The Bertz CT molecular complexity index is 273. The van der Waals surface area contributed by atoms with Gasteiger partial charge in [0, 0.05) is 18.1 Å². The van der Waals surface area contributed by atoms with E-state index in [0.29, 0.717) is 0 Å². The first-order valence-corrected chi connectivity index (χ1v) is 9.21. The van der Waals surface area contributed by atoms with E-state index in [9.17, 15) is 0 Å². The molecule has 2 rings (SSSR count). The van der Waals surface area contributed by atoms with Crippen LogP contribution >= 0.6 is 0 Å². The largest absolute Gasteiger partial charge is 0.295 e. The molecule has 2 aliphatic rings. The molecule has 0 N–H and O–H groups in total. The zero-order chi connectivity index (χ0) is 14.2. The topological polar surface area (TPSA) is 3.24 Å². The predicted octanol–water partition coefficient (Wildman–Crippen LogP) is 5.70. The van der Waals surface area contributed by atoms with Crippen LogP contribution in [0.25, 0.3) is 0 Å². The van der Waals surface area contributed by atoms with Crippen molar-refractivity contribution in [3.8, 4) is 0 Å². The summed E-state index contributed by atoms with van der Waals surface area (Å²) >= 11 is 0. The smallest absolute Gasteiger partial charge is 0.0102 e. The summed E-state index contributed by atoms with van der Waals surface area (Å²) in [7, 11) is 0. The molecule has 0 aliphatic carbocycles. The highest BCUT2D eigenvalue weighted by molar-refractivity contribution is 4.92. The van der Waals surface area contributed by atoms with Crippen LogP contribution in [-0.2, 0) is 0 Å². The lowest BCUT2D eigenvalue weighted by molar-refractivity contribution is 0.132. The summed E-state index contributed by atoms with van der Waals surface area (Å²) in [5.41, 5.74) is 0. The molecule has 0 aromatic carbocycles. The molecule has 2 heterocycles. The van der Waals surface area contributed by atoms with Gasteiger partial charge in [-0.15, -0.1) is 6.58 Å². The van der Waals surface area contributed by atoms with Crippen molar-refractivity contribution in [2.75, 3.05) is 0 Å². The van der Waals surface area contributed by atoms with Crippen molar-refractivity contribution in [2.24, 2.45) is 0 Å². The van der Waals surface area contributed by atoms with Gasteiger partial charge in [-0.2, -0.15) is 0 Å². The summed E-state index contributed by atoms with van der Waals surface area (Å²) in [4.78, 5) is 2.92. The van der Waals surface area contributed by atoms with E-state index in [1.54, 1.807) is 0 Å². The van der Waals surface area contributed by atoms with Crippen molar-refractivity contribution >= 4 is 0 Å². The summed E-state index contributed by atoms with van der Waals surface area (Å²) in [6.07, 6.45) is 20.6. The fraction of sp³-hybridized carbons (Fsp3) is 0.895. The molecule has 0 amide bonds. The minimum atomic E-state index is 0.850. The minimum Gasteiger partial charge on any atom is -0.295 e. The quantitative estimate of drug-likeness (QED) is 0.406. The zero-order valence-corrected chi connectivity index (χ0v) is 13.7. The maximum atomic E-state index is 3.79. The van der Waals surface area contributed by atoms with E-state index in [2.05, 4.69) is 24.5 Å². The Morgan fingerprint density at radius 3 is 2.55 bits per heavy atom. The molecule has 3 unspecified atom stereocenters. The molecule has 3 atom stereocenters. The Labute approximate surface area is 126 Å². The maximum absolute atomic E-state index is 3.79. The monoisotopic (exact) mass is 277 g/mol. The lowest BCUT2D eigenvalue weighted by atomic mass is 10.0. The Morgan fingerprint density at radius 2 is 1.70 bits per heavy atom. The highest BCUT2D eigenvalue weighted by atomic mass is 15.2. The summed E-state index contributed by atoms with van der Waals surface area (Å²) in [5.74, 6) is 0. The number of rotatable bonds is 8. The molecule has 0 bridgehead atoms. The highest BCUT2D eigenvalue weighted by Crippen LogP contribution is 2.36. The molecule has 0 aromatic rings. The lowest BCUT2D eigenvalue weighted by Crippen LogP contribution is -2.41. The average Bonchev–Trinajstić information content (AvgIpc) is 2.76. The van der Waals surface area contributed by atoms with E-state index in [1.807, 2.05) is 0 Å². The van der Waals surface area contributed by atoms with Crippen LogP contribution in [0.2, 0.25) is 0 Å². The van der Waals surface area contributed by atoms with Crippen LogP contribution in [0.3, 0.4) is 0 Å². The summed E-state index contributed by atoms with van der Waals surface area (Å²) in [6.45, 7) is 6.27. The van der Waals surface area contributed by atoms with Crippen LogP contribution in [0.5, 0.6) is 0 Å². The molecular weight excluding hydrogens is 242 g/mol. The molecule has 2 saturated heterocycles. The minimum absolute atomic E-state index is 0.850. The third-order valence-electron chi connectivity index (χ3n) is 5.54. The fourth-order valence-electron chi connectivity index (χ4n) is 4.46. The van der Waals surface area contributed by atoms with Crippen molar-refractivity contribution < 1.29 is 0 Å². The van der Waals surface area contributed by atoms with E-state index >= 15 is 0 Å². The molecule has 2 aliphatic heterocycles. The molecule has 0 aromatic heterocycles. The van der Waals surface area contributed by atoms with E-state index in [0.717, 1.165) is 18.1 Å².